The first-order valence-corrected chi connectivity index (χ1v) is 14.7. The van der Waals surface area contributed by atoms with Gasteiger partial charge >= 0.3 is 0 Å². The van der Waals surface area contributed by atoms with Gasteiger partial charge in [-0.2, -0.15) is 4.31 Å². The number of likely N-dealkylation sites (N-methyl/N-ethyl adjacent to an activating group) is 1. The van der Waals surface area contributed by atoms with Gasteiger partial charge in [-0.3, -0.25) is 9.59 Å². The second-order valence-electron chi connectivity index (χ2n) is 10.2. The third kappa shape index (κ3) is 6.42. The Hall–Kier alpha value is -3.23. The van der Waals surface area contributed by atoms with Crippen LogP contribution in [0.5, 0.6) is 0 Å². The van der Waals surface area contributed by atoms with Crippen molar-refractivity contribution in [1.82, 2.24) is 14.5 Å². The zero-order chi connectivity index (χ0) is 27.3. The van der Waals surface area contributed by atoms with Crippen molar-refractivity contribution in [3.8, 4) is 0 Å². The molecular weight excluding hydrogens is 498 g/mol. The summed E-state index contributed by atoms with van der Waals surface area (Å²) in [4.78, 5) is 28.7. The van der Waals surface area contributed by atoms with E-state index in [1.54, 1.807) is 18.2 Å². The third-order valence-electron chi connectivity index (χ3n) is 7.35. The molecule has 0 unspecified atom stereocenters. The number of benzene rings is 3. The molecule has 3 aromatic rings. The van der Waals surface area contributed by atoms with Gasteiger partial charge in [0.05, 0.1) is 11.4 Å². The van der Waals surface area contributed by atoms with E-state index in [1.165, 1.54) is 11.9 Å². The largest absolute Gasteiger partial charge is 0.352 e. The van der Waals surface area contributed by atoms with Gasteiger partial charge in [0.1, 0.15) is 6.04 Å². The lowest BCUT2D eigenvalue weighted by Gasteiger charge is -2.32. The molecular formula is C30H37N3O4S. The van der Waals surface area contributed by atoms with Crippen LogP contribution in [-0.4, -0.2) is 55.1 Å². The van der Waals surface area contributed by atoms with Gasteiger partial charge in [0, 0.05) is 19.6 Å². The predicted molar refractivity (Wildman–Crippen MR) is 150 cm³/mol. The Labute approximate surface area is 225 Å². The maximum atomic E-state index is 13.7. The molecule has 1 saturated carbocycles. The number of aryl methyl sites for hydroxylation is 1. The number of sulfonamides is 1. The van der Waals surface area contributed by atoms with Crippen LogP contribution in [0.25, 0.3) is 10.8 Å². The van der Waals surface area contributed by atoms with Crippen LogP contribution in [-0.2, 0) is 26.2 Å². The third-order valence-corrected chi connectivity index (χ3v) is 9.15. The molecule has 2 amide bonds. The first-order valence-electron chi connectivity index (χ1n) is 13.3. The minimum Gasteiger partial charge on any atom is -0.352 e. The average molecular weight is 536 g/mol. The fraction of sp³-hybridized carbons (Fsp3) is 0.400. The van der Waals surface area contributed by atoms with Crippen molar-refractivity contribution in [2.45, 2.75) is 69.5 Å². The van der Waals surface area contributed by atoms with Gasteiger partial charge in [-0.25, -0.2) is 8.42 Å². The maximum absolute atomic E-state index is 13.7. The Bertz CT molecular complexity index is 1380. The minimum absolute atomic E-state index is 0.127. The molecule has 0 radical (unpaired) electrons. The van der Waals surface area contributed by atoms with Crippen molar-refractivity contribution in [3.05, 3.63) is 77.9 Å². The molecule has 0 spiro atoms. The number of carbonyl (C=O) groups is 2. The van der Waals surface area contributed by atoms with Crippen molar-refractivity contribution in [3.63, 3.8) is 0 Å². The second-order valence-corrected chi connectivity index (χ2v) is 12.2. The number of nitrogens with zero attached hydrogens (tertiary/aromatic N) is 2. The first kappa shape index (κ1) is 27.8. The summed E-state index contributed by atoms with van der Waals surface area (Å²) in [7, 11) is -2.51. The molecule has 38 heavy (non-hydrogen) atoms. The average Bonchev–Trinajstić information content (AvgIpc) is 3.42. The Morgan fingerprint density at radius 3 is 2.29 bits per heavy atom. The monoisotopic (exact) mass is 535 g/mol. The molecule has 0 bridgehead atoms. The number of rotatable bonds is 10. The van der Waals surface area contributed by atoms with E-state index in [1.807, 2.05) is 62.4 Å². The number of carbonyl (C=O) groups excluding carboxylic acids is 2. The van der Waals surface area contributed by atoms with E-state index in [9.17, 15) is 18.0 Å². The first-order chi connectivity index (χ1) is 18.2. The molecule has 7 nitrogen and oxygen atoms in total. The number of hydrogen-bond acceptors (Lipinski definition) is 4. The summed E-state index contributed by atoms with van der Waals surface area (Å²) < 4.78 is 27.9. The van der Waals surface area contributed by atoms with E-state index in [2.05, 4.69) is 5.32 Å². The van der Waals surface area contributed by atoms with Crippen molar-refractivity contribution < 1.29 is 18.0 Å². The number of nitrogens with one attached hydrogen (secondary N) is 1. The molecule has 3 aromatic carbocycles. The normalized spacial score (nSPS) is 15.1. The zero-order valence-electron chi connectivity index (χ0n) is 22.4. The fourth-order valence-corrected chi connectivity index (χ4v) is 6.21. The van der Waals surface area contributed by atoms with Gasteiger partial charge < -0.3 is 10.2 Å². The van der Waals surface area contributed by atoms with Gasteiger partial charge in [-0.1, -0.05) is 79.9 Å². The Morgan fingerprint density at radius 1 is 0.974 bits per heavy atom. The summed E-state index contributed by atoms with van der Waals surface area (Å²) in [5.41, 5.74) is 1.98. The molecule has 8 heteroatoms. The lowest BCUT2D eigenvalue weighted by Crippen LogP contribution is -2.53. The van der Waals surface area contributed by atoms with Gasteiger partial charge in [0.2, 0.25) is 21.8 Å². The summed E-state index contributed by atoms with van der Waals surface area (Å²) in [5.74, 6) is -0.592. The highest BCUT2D eigenvalue weighted by molar-refractivity contribution is 7.89. The number of hydrogen-bond donors (Lipinski definition) is 1. The van der Waals surface area contributed by atoms with E-state index in [4.69, 9.17) is 0 Å². The van der Waals surface area contributed by atoms with Crippen LogP contribution in [0.15, 0.2) is 71.6 Å². The molecule has 0 heterocycles. The van der Waals surface area contributed by atoms with Gasteiger partial charge in [0.25, 0.3) is 0 Å². The van der Waals surface area contributed by atoms with E-state index in [0.29, 0.717) is 6.42 Å². The zero-order valence-corrected chi connectivity index (χ0v) is 23.2. The van der Waals surface area contributed by atoms with Crippen LogP contribution in [0.1, 0.15) is 50.2 Å². The molecule has 1 aliphatic rings. The Balaban J connectivity index is 1.57. The maximum Gasteiger partial charge on any atom is 0.243 e. The highest BCUT2D eigenvalue weighted by atomic mass is 32.2. The van der Waals surface area contributed by atoms with Gasteiger partial charge in [-0.05, 0) is 54.7 Å². The van der Waals surface area contributed by atoms with Crippen LogP contribution < -0.4 is 5.32 Å². The number of fused-ring (bicyclic) bond motifs is 1. The SMILES string of the molecule is CC[C@@H](C(=O)NC1CCCC1)N(Cc1ccc(C)cc1)C(=O)CN(C)S(=O)(=O)c1ccc2ccccc2c1. The van der Waals surface area contributed by atoms with E-state index < -0.39 is 22.0 Å². The van der Waals surface area contributed by atoms with Crippen LogP contribution >= 0.6 is 0 Å². The molecule has 0 aromatic heterocycles. The highest BCUT2D eigenvalue weighted by Gasteiger charge is 2.33. The molecule has 0 aliphatic heterocycles. The van der Waals surface area contributed by atoms with Crippen molar-refractivity contribution >= 4 is 32.6 Å². The Morgan fingerprint density at radius 2 is 1.63 bits per heavy atom. The quantitative estimate of drug-likeness (QED) is 0.410. The predicted octanol–water partition coefficient (Wildman–Crippen LogP) is 4.63. The molecule has 1 atom stereocenters. The molecule has 1 aliphatic carbocycles. The lowest BCUT2D eigenvalue weighted by molar-refractivity contribution is -0.141. The van der Waals surface area contributed by atoms with Gasteiger partial charge in [0.15, 0.2) is 0 Å². The summed E-state index contributed by atoms with van der Waals surface area (Å²) in [6, 6.07) is 19.7. The standard InChI is InChI=1S/C30H37N3O4S/c1-4-28(30(35)31-26-11-7-8-12-26)33(20-23-15-13-22(2)14-16-23)29(34)21-32(3)38(36,37)27-18-17-24-9-5-6-10-25(24)19-27/h5-6,9-10,13-19,26,28H,4,7-8,11-12,20-21H2,1-3H3,(H,31,35)/t28-/m0/s1. The van der Waals surface area contributed by atoms with E-state index in [0.717, 1.165) is 51.9 Å². The Kier molecular flexibility index (Phi) is 8.84. The molecule has 1 N–H and O–H groups in total. The summed E-state index contributed by atoms with van der Waals surface area (Å²) in [6.45, 7) is 3.72. The van der Waals surface area contributed by atoms with Crippen molar-refractivity contribution in [1.29, 1.82) is 0 Å². The van der Waals surface area contributed by atoms with Crippen molar-refractivity contribution in [2.24, 2.45) is 0 Å². The lowest BCUT2D eigenvalue weighted by atomic mass is 10.1. The van der Waals surface area contributed by atoms with Crippen molar-refractivity contribution in [2.75, 3.05) is 13.6 Å². The molecule has 1 fully saturated rings. The van der Waals surface area contributed by atoms with Crippen LogP contribution in [0, 0.1) is 6.92 Å². The fourth-order valence-electron chi connectivity index (χ4n) is 5.05. The summed E-state index contributed by atoms with van der Waals surface area (Å²) in [5, 5.41) is 4.87. The number of amides is 2. The second kappa shape index (κ2) is 12.1. The molecule has 202 valence electrons. The van der Waals surface area contributed by atoms with Gasteiger partial charge in [-0.15, -0.1) is 0 Å². The summed E-state index contributed by atoms with van der Waals surface area (Å²) >= 11 is 0. The smallest absolute Gasteiger partial charge is 0.243 e. The van der Waals surface area contributed by atoms with E-state index >= 15 is 0 Å². The molecule has 4 rings (SSSR count). The molecule has 0 saturated heterocycles. The minimum atomic E-state index is -3.92. The van der Waals surface area contributed by atoms with Crippen LogP contribution in [0.2, 0.25) is 0 Å². The highest BCUT2D eigenvalue weighted by Crippen LogP contribution is 2.23. The summed E-state index contributed by atoms with van der Waals surface area (Å²) in [6.07, 6.45) is 4.50. The van der Waals surface area contributed by atoms with Crippen LogP contribution in [0.3, 0.4) is 0 Å². The van der Waals surface area contributed by atoms with E-state index in [-0.39, 0.29) is 29.9 Å². The topological polar surface area (TPSA) is 86.8 Å². The van der Waals surface area contributed by atoms with Crippen LogP contribution in [0.4, 0.5) is 0 Å².